The molecule has 0 N–H and O–H groups in total. The van der Waals surface area contributed by atoms with E-state index in [4.69, 9.17) is 0 Å². The van der Waals surface area contributed by atoms with Crippen molar-refractivity contribution in [3.63, 3.8) is 0 Å². The predicted octanol–water partition coefficient (Wildman–Crippen LogP) is 1.93. The van der Waals surface area contributed by atoms with E-state index in [1.54, 1.807) is 6.92 Å². The van der Waals surface area contributed by atoms with E-state index in [9.17, 15) is 23.2 Å². The highest BCUT2D eigenvalue weighted by molar-refractivity contribution is 6.05. The molecule has 2 rings (SSSR count). The van der Waals surface area contributed by atoms with Gasteiger partial charge in [0.1, 0.15) is 0 Å². The highest BCUT2D eigenvalue weighted by atomic mass is 19.2. The van der Waals surface area contributed by atoms with Gasteiger partial charge in [-0.1, -0.05) is 6.92 Å². The lowest BCUT2D eigenvalue weighted by atomic mass is 9.97. The van der Waals surface area contributed by atoms with Gasteiger partial charge < -0.3 is 0 Å². The van der Waals surface area contributed by atoms with Crippen molar-refractivity contribution >= 4 is 17.6 Å². The van der Waals surface area contributed by atoms with Crippen LogP contribution in [0.15, 0.2) is 18.2 Å². The molecule has 0 aliphatic carbocycles. The zero-order valence-electron chi connectivity index (χ0n) is 10.9. The molecule has 2 amide bonds. The third kappa shape index (κ3) is 2.89. The highest BCUT2D eigenvalue weighted by Crippen LogP contribution is 2.19. The molecule has 20 heavy (non-hydrogen) atoms. The number of carbonyl (C=O) groups is 3. The normalized spacial score (nSPS) is 16.6. The summed E-state index contributed by atoms with van der Waals surface area (Å²) in [6.07, 6.45) is 0.410. The molecule has 1 fully saturated rings. The summed E-state index contributed by atoms with van der Waals surface area (Å²) < 4.78 is 25.8. The minimum atomic E-state index is -1.14. The third-order valence-electron chi connectivity index (χ3n) is 3.19. The quantitative estimate of drug-likeness (QED) is 0.628. The largest absolute Gasteiger partial charge is 0.292 e. The van der Waals surface area contributed by atoms with Crippen LogP contribution in [0.5, 0.6) is 0 Å². The van der Waals surface area contributed by atoms with Gasteiger partial charge in [0.15, 0.2) is 17.4 Å². The zero-order chi connectivity index (χ0) is 14.9. The average molecular weight is 281 g/mol. The van der Waals surface area contributed by atoms with Gasteiger partial charge in [-0.15, -0.1) is 0 Å². The predicted molar refractivity (Wildman–Crippen MR) is 65.8 cm³/mol. The van der Waals surface area contributed by atoms with Gasteiger partial charge in [-0.3, -0.25) is 19.3 Å². The average Bonchev–Trinajstić information content (AvgIpc) is 2.36. The molecule has 106 valence electrons. The Balaban J connectivity index is 2.13. The number of piperidine rings is 1. The first-order chi connectivity index (χ1) is 9.38. The van der Waals surface area contributed by atoms with E-state index in [-0.39, 0.29) is 24.3 Å². The second-order valence-corrected chi connectivity index (χ2v) is 4.94. The maximum Gasteiger partial charge on any atom is 0.229 e. The smallest absolute Gasteiger partial charge is 0.229 e. The number of benzene rings is 1. The van der Waals surface area contributed by atoms with E-state index in [2.05, 4.69) is 0 Å². The summed E-state index contributed by atoms with van der Waals surface area (Å²) in [4.78, 5) is 36.2. The molecule has 0 bridgehead atoms. The summed E-state index contributed by atoms with van der Waals surface area (Å²) in [5, 5.41) is 0. The summed E-state index contributed by atoms with van der Waals surface area (Å²) in [5.74, 6) is -3.65. The van der Waals surface area contributed by atoms with Crippen LogP contribution in [0.25, 0.3) is 0 Å². The summed E-state index contributed by atoms with van der Waals surface area (Å²) >= 11 is 0. The monoisotopic (exact) mass is 281 g/mol. The maximum absolute atomic E-state index is 13.0. The molecule has 1 saturated heterocycles. The lowest BCUT2D eigenvalue weighted by Crippen LogP contribution is -2.45. The molecule has 4 nitrogen and oxygen atoms in total. The number of imide groups is 1. The molecule has 0 unspecified atom stereocenters. The van der Waals surface area contributed by atoms with Crippen molar-refractivity contribution in [2.24, 2.45) is 5.92 Å². The first-order valence-electron chi connectivity index (χ1n) is 6.20. The van der Waals surface area contributed by atoms with E-state index in [1.165, 1.54) is 0 Å². The molecule has 0 saturated carbocycles. The lowest BCUT2D eigenvalue weighted by Gasteiger charge is -2.27. The Bertz CT molecular complexity index is 568. The van der Waals surface area contributed by atoms with Crippen molar-refractivity contribution < 1.29 is 23.2 Å². The number of hydrogen-bond acceptors (Lipinski definition) is 3. The van der Waals surface area contributed by atoms with E-state index >= 15 is 0 Å². The fourth-order valence-corrected chi connectivity index (χ4v) is 2.11. The zero-order valence-corrected chi connectivity index (χ0v) is 10.9. The topological polar surface area (TPSA) is 54.5 Å². The SMILES string of the molecule is CC1CC(=O)N(CC(=O)c2ccc(F)c(F)c2)C(=O)C1. The van der Waals surface area contributed by atoms with Crippen molar-refractivity contribution in [2.75, 3.05) is 6.54 Å². The summed E-state index contributed by atoms with van der Waals surface area (Å²) in [7, 11) is 0. The number of carbonyl (C=O) groups excluding carboxylic acids is 3. The van der Waals surface area contributed by atoms with Crippen LogP contribution in [0.4, 0.5) is 8.78 Å². The van der Waals surface area contributed by atoms with Crippen molar-refractivity contribution in [2.45, 2.75) is 19.8 Å². The van der Waals surface area contributed by atoms with Gasteiger partial charge in [-0.25, -0.2) is 8.78 Å². The molecule has 6 heteroatoms. The Morgan fingerprint density at radius 1 is 1.20 bits per heavy atom. The van der Waals surface area contributed by atoms with Gasteiger partial charge in [0.05, 0.1) is 6.54 Å². The number of likely N-dealkylation sites (tertiary alicyclic amines) is 1. The molecule has 1 aliphatic rings. The standard InChI is InChI=1S/C14H13F2NO3/c1-8-4-13(19)17(14(20)5-8)7-12(18)9-2-3-10(15)11(16)6-9/h2-3,6,8H,4-5,7H2,1H3. The van der Waals surface area contributed by atoms with Crippen LogP contribution in [0.3, 0.4) is 0 Å². The van der Waals surface area contributed by atoms with Crippen LogP contribution in [0, 0.1) is 17.6 Å². The van der Waals surface area contributed by atoms with Crippen LogP contribution in [0.2, 0.25) is 0 Å². The van der Waals surface area contributed by atoms with Crippen molar-refractivity contribution in [1.29, 1.82) is 0 Å². The van der Waals surface area contributed by atoms with Gasteiger partial charge in [-0.2, -0.15) is 0 Å². The number of rotatable bonds is 3. The Morgan fingerprint density at radius 2 is 1.80 bits per heavy atom. The lowest BCUT2D eigenvalue weighted by molar-refractivity contribution is -0.149. The molecule has 1 aliphatic heterocycles. The van der Waals surface area contributed by atoms with Crippen LogP contribution >= 0.6 is 0 Å². The minimum absolute atomic E-state index is 0.0374. The van der Waals surface area contributed by atoms with Crippen LogP contribution in [-0.4, -0.2) is 29.0 Å². The summed E-state index contributed by atoms with van der Waals surface area (Å²) in [5.41, 5.74) is -0.0666. The number of nitrogens with zero attached hydrogens (tertiary/aromatic N) is 1. The molecule has 0 spiro atoms. The Labute approximate surface area is 114 Å². The Morgan fingerprint density at radius 3 is 2.35 bits per heavy atom. The number of halogens is 2. The van der Waals surface area contributed by atoms with E-state index in [1.807, 2.05) is 0 Å². The molecule has 0 atom stereocenters. The van der Waals surface area contributed by atoms with Gasteiger partial charge in [0.2, 0.25) is 11.8 Å². The third-order valence-corrected chi connectivity index (χ3v) is 3.19. The van der Waals surface area contributed by atoms with E-state index < -0.39 is 35.8 Å². The number of Topliss-reactive ketones (excluding diaryl/α,β-unsaturated/α-hetero) is 1. The Kier molecular flexibility index (Phi) is 3.92. The first-order valence-corrected chi connectivity index (χ1v) is 6.20. The van der Waals surface area contributed by atoms with Gasteiger partial charge in [0, 0.05) is 18.4 Å². The fourth-order valence-electron chi connectivity index (χ4n) is 2.11. The summed E-state index contributed by atoms with van der Waals surface area (Å²) in [6.45, 7) is 1.35. The number of amides is 2. The molecule has 1 heterocycles. The van der Waals surface area contributed by atoms with Crippen molar-refractivity contribution in [1.82, 2.24) is 4.90 Å². The number of ketones is 1. The highest BCUT2D eigenvalue weighted by Gasteiger charge is 2.31. The molecule has 0 aromatic heterocycles. The molecule has 1 aromatic carbocycles. The van der Waals surface area contributed by atoms with E-state index in [0.717, 1.165) is 23.1 Å². The van der Waals surface area contributed by atoms with Crippen LogP contribution < -0.4 is 0 Å². The Hall–Kier alpha value is -2.11. The van der Waals surface area contributed by atoms with Gasteiger partial charge in [-0.05, 0) is 24.1 Å². The minimum Gasteiger partial charge on any atom is -0.292 e. The molecule has 0 radical (unpaired) electrons. The van der Waals surface area contributed by atoms with Crippen LogP contribution in [-0.2, 0) is 9.59 Å². The summed E-state index contributed by atoms with van der Waals surface area (Å²) in [6, 6.07) is 2.73. The number of hydrogen-bond donors (Lipinski definition) is 0. The molecular weight excluding hydrogens is 268 g/mol. The van der Waals surface area contributed by atoms with Crippen molar-refractivity contribution in [3.05, 3.63) is 35.4 Å². The molecule has 1 aromatic rings. The van der Waals surface area contributed by atoms with E-state index in [0.29, 0.717) is 0 Å². The second-order valence-electron chi connectivity index (χ2n) is 4.94. The van der Waals surface area contributed by atoms with Gasteiger partial charge in [0.25, 0.3) is 0 Å². The van der Waals surface area contributed by atoms with Gasteiger partial charge >= 0.3 is 0 Å². The maximum atomic E-state index is 13.0. The fraction of sp³-hybridized carbons (Fsp3) is 0.357. The first kappa shape index (κ1) is 14.3. The van der Waals surface area contributed by atoms with Crippen LogP contribution in [0.1, 0.15) is 30.1 Å². The molecular formula is C14H13F2NO3. The second kappa shape index (κ2) is 5.48. The van der Waals surface area contributed by atoms with Crippen molar-refractivity contribution in [3.8, 4) is 0 Å².